The lowest BCUT2D eigenvalue weighted by Gasteiger charge is -2.17. The van der Waals surface area contributed by atoms with E-state index in [1.165, 1.54) is 5.56 Å². The van der Waals surface area contributed by atoms with Crippen LogP contribution in [0, 0.1) is 6.92 Å². The van der Waals surface area contributed by atoms with Gasteiger partial charge in [0.05, 0.1) is 6.04 Å². The highest BCUT2D eigenvalue weighted by atomic mass is 16.2. The molecule has 3 amide bonds. The van der Waals surface area contributed by atoms with Crippen LogP contribution in [0.25, 0.3) is 0 Å². The predicted octanol–water partition coefficient (Wildman–Crippen LogP) is 4.05. The highest BCUT2D eigenvalue weighted by Crippen LogP contribution is 2.22. The number of urea groups is 1. The van der Waals surface area contributed by atoms with Gasteiger partial charge in [0.2, 0.25) is 5.91 Å². The van der Waals surface area contributed by atoms with E-state index in [1.54, 1.807) is 4.90 Å². The first-order valence-corrected chi connectivity index (χ1v) is 8.97. The van der Waals surface area contributed by atoms with E-state index >= 15 is 0 Å². The molecule has 0 aliphatic carbocycles. The second-order valence-corrected chi connectivity index (χ2v) is 7.12. The fourth-order valence-electron chi connectivity index (χ4n) is 3.08. The van der Waals surface area contributed by atoms with Crippen molar-refractivity contribution >= 4 is 23.3 Å². The number of anilines is 2. The summed E-state index contributed by atoms with van der Waals surface area (Å²) in [6.45, 7) is 6.76. The number of hydrogen-bond acceptors (Lipinski definition) is 2. The Bertz CT molecular complexity index is 782. The quantitative estimate of drug-likeness (QED) is 0.873. The molecule has 2 aromatic carbocycles. The SMILES string of the molecule is Cc1ccc(N2CC(NC(=O)Nc3ccc(C(C)C)cc3)CC2=O)cc1. The first-order chi connectivity index (χ1) is 12.4. The number of nitrogens with zero attached hydrogens (tertiary/aromatic N) is 1. The second kappa shape index (κ2) is 7.60. The van der Waals surface area contributed by atoms with Gasteiger partial charge in [-0.25, -0.2) is 4.79 Å². The maximum atomic E-state index is 12.3. The lowest BCUT2D eigenvalue weighted by atomic mass is 10.0. The number of benzene rings is 2. The van der Waals surface area contributed by atoms with Crippen molar-refractivity contribution in [2.75, 3.05) is 16.8 Å². The molecule has 3 rings (SSSR count). The summed E-state index contributed by atoms with van der Waals surface area (Å²) >= 11 is 0. The largest absolute Gasteiger partial charge is 0.333 e. The third-order valence-corrected chi connectivity index (χ3v) is 4.64. The molecular formula is C21H25N3O2. The molecule has 2 aromatic rings. The van der Waals surface area contributed by atoms with E-state index < -0.39 is 0 Å². The van der Waals surface area contributed by atoms with E-state index in [1.807, 2.05) is 55.5 Å². The van der Waals surface area contributed by atoms with Crippen LogP contribution in [0.5, 0.6) is 0 Å². The lowest BCUT2D eigenvalue weighted by Crippen LogP contribution is -2.39. The molecule has 0 radical (unpaired) electrons. The summed E-state index contributed by atoms with van der Waals surface area (Å²) in [6, 6.07) is 15.2. The Kier molecular flexibility index (Phi) is 5.26. The Morgan fingerprint density at radius 1 is 1.08 bits per heavy atom. The van der Waals surface area contributed by atoms with Gasteiger partial charge < -0.3 is 15.5 Å². The summed E-state index contributed by atoms with van der Waals surface area (Å²) < 4.78 is 0. The lowest BCUT2D eigenvalue weighted by molar-refractivity contribution is -0.117. The standard InChI is InChI=1S/C21H25N3O2/c1-14(2)16-6-8-17(9-7-16)22-21(26)23-18-12-20(25)24(13-18)19-10-4-15(3)5-11-19/h4-11,14,18H,12-13H2,1-3H3,(H2,22,23,26). The third-order valence-electron chi connectivity index (χ3n) is 4.64. The Morgan fingerprint density at radius 3 is 2.35 bits per heavy atom. The summed E-state index contributed by atoms with van der Waals surface area (Å²) in [5.41, 5.74) is 3.99. The Hall–Kier alpha value is -2.82. The number of amides is 3. The van der Waals surface area contributed by atoms with Crippen LogP contribution < -0.4 is 15.5 Å². The number of rotatable bonds is 4. The topological polar surface area (TPSA) is 61.4 Å². The van der Waals surface area contributed by atoms with Crippen LogP contribution >= 0.6 is 0 Å². The molecule has 0 aromatic heterocycles. The van der Waals surface area contributed by atoms with Crippen LogP contribution in [0.2, 0.25) is 0 Å². The average molecular weight is 351 g/mol. The molecule has 0 spiro atoms. The second-order valence-electron chi connectivity index (χ2n) is 7.12. The van der Waals surface area contributed by atoms with Crippen LogP contribution in [0.3, 0.4) is 0 Å². The van der Waals surface area contributed by atoms with Gasteiger partial charge in [-0.1, -0.05) is 43.7 Å². The fraction of sp³-hybridized carbons (Fsp3) is 0.333. The summed E-state index contributed by atoms with van der Waals surface area (Å²) in [5.74, 6) is 0.482. The summed E-state index contributed by atoms with van der Waals surface area (Å²) in [4.78, 5) is 26.2. The fourth-order valence-corrected chi connectivity index (χ4v) is 3.08. The van der Waals surface area contributed by atoms with Gasteiger partial charge in [-0.15, -0.1) is 0 Å². The average Bonchev–Trinajstić information content (AvgIpc) is 2.96. The monoisotopic (exact) mass is 351 g/mol. The molecule has 1 aliphatic heterocycles. The minimum Gasteiger partial charge on any atom is -0.333 e. The van der Waals surface area contributed by atoms with Gasteiger partial charge in [-0.3, -0.25) is 4.79 Å². The van der Waals surface area contributed by atoms with Crippen LogP contribution in [-0.2, 0) is 4.79 Å². The molecule has 26 heavy (non-hydrogen) atoms. The minimum absolute atomic E-state index is 0.0282. The van der Waals surface area contributed by atoms with Crippen molar-refractivity contribution < 1.29 is 9.59 Å². The van der Waals surface area contributed by atoms with E-state index in [9.17, 15) is 9.59 Å². The van der Waals surface area contributed by atoms with Gasteiger partial charge in [0.1, 0.15) is 0 Å². The minimum atomic E-state index is -0.286. The normalized spacial score (nSPS) is 16.8. The number of carbonyl (C=O) groups is 2. The molecule has 0 saturated carbocycles. The zero-order chi connectivity index (χ0) is 18.7. The zero-order valence-electron chi connectivity index (χ0n) is 15.5. The van der Waals surface area contributed by atoms with Crippen LogP contribution in [0.4, 0.5) is 16.2 Å². The van der Waals surface area contributed by atoms with Gasteiger partial charge in [0, 0.05) is 24.3 Å². The van der Waals surface area contributed by atoms with Crippen molar-refractivity contribution in [3.63, 3.8) is 0 Å². The van der Waals surface area contributed by atoms with Crippen molar-refractivity contribution in [3.8, 4) is 0 Å². The molecule has 1 saturated heterocycles. The van der Waals surface area contributed by atoms with Crippen LogP contribution in [-0.4, -0.2) is 24.5 Å². The van der Waals surface area contributed by atoms with Crippen LogP contribution in [0.1, 0.15) is 37.3 Å². The molecule has 2 N–H and O–H groups in total. The third kappa shape index (κ3) is 4.23. The molecule has 1 heterocycles. The van der Waals surface area contributed by atoms with Gasteiger partial charge in [-0.05, 0) is 42.7 Å². The van der Waals surface area contributed by atoms with Gasteiger partial charge in [-0.2, -0.15) is 0 Å². The first-order valence-electron chi connectivity index (χ1n) is 8.97. The highest BCUT2D eigenvalue weighted by molar-refractivity contribution is 5.97. The molecule has 1 unspecified atom stereocenters. The molecule has 5 nitrogen and oxygen atoms in total. The maximum absolute atomic E-state index is 12.3. The maximum Gasteiger partial charge on any atom is 0.319 e. The van der Waals surface area contributed by atoms with Crippen molar-refractivity contribution in [2.24, 2.45) is 0 Å². The summed E-state index contributed by atoms with van der Waals surface area (Å²) in [5, 5.41) is 5.73. The van der Waals surface area contributed by atoms with Gasteiger partial charge in [0.25, 0.3) is 0 Å². The molecule has 5 heteroatoms. The predicted molar refractivity (Wildman–Crippen MR) is 105 cm³/mol. The molecular weight excluding hydrogens is 326 g/mol. The van der Waals surface area contributed by atoms with Crippen molar-refractivity contribution in [2.45, 2.75) is 39.2 Å². The van der Waals surface area contributed by atoms with Crippen molar-refractivity contribution in [3.05, 3.63) is 59.7 Å². The Balaban J connectivity index is 1.56. The van der Waals surface area contributed by atoms with E-state index in [0.717, 1.165) is 16.9 Å². The van der Waals surface area contributed by atoms with Crippen LogP contribution in [0.15, 0.2) is 48.5 Å². The van der Waals surface area contributed by atoms with Gasteiger partial charge >= 0.3 is 6.03 Å². The highest BCUT2D eigenvalue weighted by Gasteiger charge is 2.31. The summed E-state index contributed by atoms with van der Waals surface area (Å²) in [6.07, 6.45) is 0.313. The van der Waals surface area contributed by atoms with E-state index in [0.29, 0.717) is 18.9 Å². The number of aryl methyl sites for hydroxylation is 1. The first kappa shape index (κ1) is 18.0. The number of hydrogen-bond donors (Lipinski definition) is 2. The summed E-state index contributed by atoms with van der Waals surface area (Å²) in [7, 11) is 0. The molecule has 136 valence electrons. The Morgan fingerprint density at radius 2 is 1.73 bits per heavy atom. The molecule has 1 fully saturated rings. The van der Waals surface area contributed by atoms with E-state index in [-0.39, 0.29) is 18.0 Å². The van der Waals surface area contributed by atoms with Gasteiger partial charge in [0.15, 0.2) is 0 Å². The van der Waals surface area contributed by atoms with E-state index in [2.05, 4.69) is 24.5 Å². The van der Waals surface area contributed by atoms with Crippen molar-refractivity contribution in [1.29, 1.82) is 0 Å². The molecule has 1 atom stereocenters. The van der Waals surface area contributed by atoms with E-state index in [4.69, 9.17) is 0 Å². The smallest absolute Gasteiger partial charge is 0.319 e. The molecule has 0 bridgehead atoms. The zero-order valence-corrected chi connectivity index (χ0v) is 15.5. The van der Waals surface area contributed by atoms with Crippen molar-refractivity contribution in [1.82, 2.24) is 5.32 Å². The number of nitrogens with one attached hydrogen (secondary N) is 2. The number of carbonyl (C=O) groups excluding carboxylic acids is 2. The molecule has 1 aliphatic rings. The Labute approximate surface area is 154 Å².